The molecule has 29 heavy (non-hydrogen) atoms. The molecule has 1 fully saturated rings. The van der Waals surface area contributed by atoms with Gasteiger partial charge in [-0.2, -0.15) is 0 Å². The lowest BCUT2D eigenvalue weighted by atomic mass is 10.0. The highest BCUT2D eigenvalue weighted by Gasteiger charge is 2.25. The van der Waals surface area contributed by atoms with E-state index in [1.165, 1.54) is 5.56 Å². The lowest BCUT2D eigenvalue weighted by Crippen LogP contribution is -2.52. The second-order valence-corrected chi connectivity index (χ2v) is 7.96. The Bertz CT molecular complexity index is 885. The Morgan fingerprint density at radius 3 is 2.62 bits per heavy atom. The number of rotatable bonds is 5. The first-order chi connectivity index (χ1) is 13.8. The lowest BCUT2D eigenvalue weighted by Gasteiger charge is -2.40. The van der Waals surface area contributed by atoms with Gasteiger partial charge in [-0.25, -0.2) is 4.98 Å². The van der Waals surface area contributed by atoms with E-state index in [1.807, 2.05) is 13.2 Å². The summed E-state index contributed by atoms with van der Waals surface area (Å²) in [4.78, 5) is 15.1. The maximum absolute atomic E-state index is 4.64. The molecule has 1 aliphatic heterocycles. The molecule has 0 spiro atoms. The lowest BCUT2D eigenvalue weighted by molar-refractivity contribution is 0.127. The third kappa shape index (κ3) is 5.10. The van der Waals surface area contributed by atoms with Crippen LogP contribution >= 0.6 is 35.3 Å². The van der Waals surface area contributed by atoms with E-state index in [0.717, 1.165) is 49.2 Å². The van der Waals surface area contributed by atoms with E-state index in [0.29, 0.717) is 12.6 Å². The van der Waals surface area contributed by atoms with E-state index in [1.54, 1.807) is 11.3 Å². The zero-order chi connectivity index (χ0) is 19.3. The van der Waals surface area contributed by atoms with Crippen molar-refractivity contribution in [3.63, 3.8) is 0 Å². The largest absolute Gasteiger partial charge is 0.351 e. The predicted molar refractivity (Wildman–Crippen MR) is 131 cm³/mol. The van der Waals surface area contributed by atoms with Crippen molar-refractivity contribution in [2.75, 3.05) is 33.2 Å². The molecule has 1 saturated heterocycles. The number of imidazole rings is 1. The maximum atomic E-state index is 4.64. The predicted octanol–water partition coefficient (Wildman–Crippen LogP) is 3.86. The SMILES string of the molecule is CCC(c1ccccc1)N1CCN(C(=NC)NCc2cn3ccsc3n2)CC1.I. The number of hydrogen-bond acceptors (Lipinski definition) is 4. The normalized spacial score (nSPS) is 16.6. The average Bonchev–Trinajstić information content (AvgIpc) is 3.33. The Morgan fingerprint density at radius 2 is 1.97 bits per heavy atom. The van der Waals surface area contributed by atoms with Crippen LogP contribution in [0.1, 0.15) is 30.6 Å². The first-order valence-corrected chi connectivity index (χ1v) is 10.8. The highest BCUT2D eigenvalue weighted by Crippen LogP contribution is 2.25. The number of nitrogens with zero attached hydrogens (tertiary/aromatic N) is 5. The summed E-state index contributed by atoms with van der Waals surface area (Å²) < 4.78 is 2.07. The quantitative estimate of drug-likeness (QED) is 0.313. The third-order valence-electron chi connectivity index (χ3n) is 5.41. The number of piperazine rings is 1. The number of aromatic nitrogens is 2. The summed E-state index contributed by atoms with van der Waals surface area (Å²) in [6.07, 6.45) is 5.26. The Hall–Kier alpha value is -1.65. The highest BCUT2D eigenvalue weighted by atomic mass is 127. The van der Waals surface area contributed by atoms with Crippen molar-refractivity contribution in [2.24, 2.45) is 4.99 Å². The topological polar surface area (TPSA) is 48.2 Å². The van der Waals surface area contributed by atoms with Crippen LogP contribution in [-0.2, 0) is 6.54 Å². The van der Waals surface area contributed by atoms with Crippen LogP contribution in [0.5, 0.6) is 0 Å². The summed E-state index contributed by atoms with van der Waals surface area (Å²) in [5.41, 5.74) is 2.46. The molecule has 6 nitrogen and oxygen atoms in total. The molecular formula is C21H29IN6S. The molecule has 0 saturated carbocycles. The van der Waals surface area contributed by atoms with Crippen molar-refractivity contribution in [1.29, 1.82) is 0 Å². The number of guanidine groups is 1. The standard InChI is InChI=1S/C21H28N6S.HI/c1-3-19(17-7-5-4-6-8-17)25-9-11-26(12-10-25)20(22-2)23-15-18-16-27-13-14-28-21(27)24-18;/h4-8,13-14,16,19H,3,9-12,15H2,1-2H3,(H,22,23);1H. The van der Waals surface area contributed by atoms with E-state index in [-0.39, 0.29) is 24.0 Å². The second-order valence-electron chi connectivity index (χ2n) is 7.08. The average molecular weight is 524 g/mol. The van der Waals surface area contributed by atoms with Gasteiger partial charge in [-0.15, -0.1) is 35.3 Å². The Balaban J connectivity index is 0.00000240. The number of halogens is 1. The Labute approximate surface area is 193 Å². The van der Waals surface area contributed by atoms with E-state index in [4.69, 9.17) is 0 Å². The van der Waals surface area contributed by atoms with Gasteiger partial charge in [-0.3, -0.25) is 14.3 Å². The first-order valence-electron chi connectivity index (χ1n) is 9.94. The Morgan fingerprint density at radius 1 is 1.21 bits per heavy atom. The van der Waals surface area contributed by atoms with Crippen LogP contribution in [0.3, 0.4) is 0 Å². The number of nitrogens with one attached hydrogen (secondary N) is 1. The minimum Gasteiger partial charge on any atom is -0.351 e. The molecule has 1 aromatic carbocycles. The van der Waals surface area contributed by atoms with Crippen LogP contribution in [0, 0.1) is 0 Å². The molecule has 156 valence electrons. The van der Waals surface area contributed by atoms with Crippen molar-refractivity contribution >= 4 is 46.2 Å². The van der Waals surface area contributed by atoms with Gasteiger partial charge in [0.25, 0.3) is 0 Å². The van der Waals surface area contributed by atoms with Crippen molar-refractivity contribution in [2.45, 2.75) is 25.9 Å². The molecule has 2 aromatic heterocycles. The number of thiazole rings is 1. The summed E-state index contributed by atoms with van der Waals surface area (Å²) in [6, 6.07) is 11.4. The van der Waals surface area contributed by atoms with Crippen LogP contribution in [0.15, 0.2) is 53.1 Å². The van der Waals surface area contributed by atoms with Gasteiger partial charge in [0.15, 0.2) is 10.9 Å². The third-order valence-corrected chi connectivity index (χ3v) is 6.18. The Kier molecular flexibility index (Phi) is 7.91. The van der Waals surface area contributed by atoms with E-state index in [2.05, 4.69) is 78.3 Å². The van der Waals surface area contributed by atoms with Gasteiger partial charge in [-0.1, -0.05) is 37.3 Å². The van der Waals surface area contributed by atoms with E-state index in [9.17, 15) is 0 Å². The molecule has 3 aromatic rings. The smallest absolute Gasteiger partial charge is 0.194 e. The van der Waals surface area contributed by atoms with Gasteiger partial charge < -0.3 is 10.2 Å². The molecule has 1 N–H and O–H groups in total. The molecule has 0 amide bonds. The zero-order valence-electron chi connectivity index (χ0n) is 17.0. The van der Waals surface area contributed by atoms with Crippen LogP contribution in [0.25, 0.3) is 4.96 Å². The number of hydrogen-bond donors (Lipinski definition) is 1. The summed E-state index contributed by atoms with van der Waals surface area (Å²) in [5.74, 6) is 0.962. The van der Waals surface area contributed by atoms with Gasteiger partial charge in [0.2, 0.25) is 0 Å². The van der Waals surface area contributed by atoms with Crippen LogP contribution in [0.4, 0.5) is 0 Å². The molecule has 1 aliphatic rings. The monoisotopic (exact) mass is 524 g/mol. The minimum atomic E-state index is 0. The van der Waals surface area contributed by atoms with Gasteiger partial charge in [-0.05, 0) is 12.0 Å². The fourth-order valence-electron chi connectivity index (χ4n) is 3.99. The van der Waals surface area contributed by atoms with Crippen molar-refractivity contribution in [3.8, 4) is 0 Å². The summed E-state index contributed by atoms with van der Waals surface area (Å²) in [6.45, 7) is 7.05. The van der Waals surface area contributed by atoms with Gasteiger partial charge in [0, 0.05) is 57.0 Å². The molecule has 1 unspecified atom stereocenters. The highest BCUT2D eigenvalue weighted by molar-refractivity contribution is 14.0. The number of fused-ring (bicyclic) bond motifs is 1. The van der Waals surface area contributed by atoms with Crippen LogP contribution in [-0.4, -0.2) is 58.4 Å². The molecule has 8 heteroatoms. The van der Waals surface area contributed by atoms with Crippen molar-refractivity contribution < 1.29 is 0 Å². The van der Waals surface area contributed by atoms with Gasteiger partial charge in [0.05, 0.1) is 12.2 Å². The first kappa shape index (κ1) is 22.0. The van der Waals surface area contributed by atoms with Crippen LogP contribution < -0.4 is 5.32 Å². The maximum Gasteiger partial charge on any atom is 0.194 e. The van der Waals surface area contributed by atoms with E-state index >= 15 is 0 Å². The van der Waals surface area contributed by atoms with Crippen molar-refractivity contribution in [1.82, 2.24) is 24.5 Å². The molecule has 4 rings (SSSR count). The van der Waals surface area contributed by atoms with E-state index < -0.39 is 0 Å². The molecule has 0 aliphatic carbocycles. The number of aliphatic imine (C=N–C) groups is 1. The second kappa shape index (κ2) is 10.4. The van der Waals surface area contributed by atoms with Crippen molar-refractivity contribution in [3.05, 3.63) is 59.4 Å². The van der Waals surface area contributed by atoms with Crippen LogP contribution in [0.2, 0.25) is 0 Å². The summed E-state index contributed by atoms with van der Waals surface area (Å²) in [7, 11) is 1.86. The molecule has 1 atom stereocenters. The summed E-state index contributed by atoms with van der Waals surface area (Å²) in [5, 5.41) is 5.53. The molecule has 3 heterocycles. The fourth-order valence-corrected chi connectivity index (χ4v) is 4.71. The van der Waals surface area contributed by atoms with Gasteiger partial charge in [0.1, 0.15) is 0 Å². The fraction of sp³-hybridized carbons (Fsp3) is 0.429. The zero-order valence-corrected chi connectivity index (χ0v) is 20.1. The minimum absolute atomic E-state index is 0. The van der Waals surface area contributed by atoms with Gasteiger partial charge >= 0.3 is 0 Å². The molecule has 0 radical (unpaired) electrons. The number of benzene rings is 1. The molecule has 0 bridgehead atoms. The summed E-state index contributed by atoms with van der Waals surface area (Å²) >= 11 is 1.66. The molecular weight excluding hydrogens is 495 g/mol.